The molecular weight excluding hydrogens is 474 g/mol. The lowest BCUT2D eigenvalue weighted by molar-refractivity contribution is -0.142. The first kappa shape index (κ1) is 27.1. The summed E-state index contributed by atoms with van der Waals surface area (Å²) in [5.41, 5.74) is 1.47. The van der Waals surface area contributed by atoms with Gasteiger partial charge in [0.1, 0.15) is 5.60 Å². The Balaban J connectivity index is 1.31. The standard InChI is InChI=1S/C32H39NO4/c1-31(2,30(35)36)25-17-15-24(16-18-25)29(34)14-9-21-33-22-19-28(20-23-33)32(37,26-10-5-3-6-11-26)27-12-7-4-8-13-27/h3-8,10-13,15-18,28-29,34,37H,9,14,19-23H2,1-2H3,(H,35,36)/i3+1,4+1,5+1,6+1,7+1,8+1,10+1,11+1,12+1,13+1,26+1,27+1. The molecule has 1 unspecified atom stereocenters. The Labute approximate surface area is 220 Å². The molecule has 1 saturated heterocycles. The number of nitrogens with zero attached hydrogens (tertiary/aromatic N) is 1. The fourth-order valence-corrected chi connectivity index (χ4v) is 5.52. The van der Waals surface area contributed by atoms with Crippen molar-refractivity contribution >= 4 is 5.97 Å². The van der Waals surface area contributed by atoms with Gasteiger partial charge in [0.05, 0.1) is 11.5 Å². The molecule has 0 aromatic heterocycles. The van der Waals surface area contributed by atoms with Crippen LogP contribution in [-0.4, -0.2) is 45.8 Å². The van der Waals surface area contributed by atoms with Gasteiger partial charge in [-0.1, -0.05) is 84.9 Å². The minimum atomic E-state index is -1.01. The molecule has 3 N–H and O–H groups in total. The molecule has 3 aromatic rings. The van der Waals surface area contributed by atoms with E-state index in [-0.39, 0.29) is 5.92 Å². The first-order valence-corrected chi connectivity index (χ1v) is 13.3. The molecule has 0 bridgehead atoms. The molecule has 0 aliphatic carbocycles. The van der Waals surface area contributed by atoms with Crippen LogP contribution in [-0.2, 0) is 15.8 Å². The van der Waals surface area contributed by atoms with Crippen LogP contribution >= 0.6 is 0 Å². The smallest absolute Gasteiger partial charge is 0.313 e. The molecule has 37 heavy (non-hydrogen) atoms. The van der Waals surface area contributed by atoms with Crippen LogP contribution in [0.5, 0.6) is 0 Å². The van der Waals surface area contributed by atoms with Crippen LogP contribution < -0.4 is 0 Å². The average Bonchev–Trinajstić information content (AvgIpc) is 2.94. The number of carboxylic acids is 1. The fraction of sp³-hybridized carbons (Fsp3) is 0.406. The van der Waals surface area contributed by atoms with Gasteiger partial charge in [0, 0.05) is 0 Å². The van der Waals surface area contributed by atoms with Crippen LogP contribution in [0.2, 0.25) is 0 Å². The fourth-order valence-electron chi connectivity index (χ4n) is 5.52. The zero-order valence-corrected chi connectivity index (χ0v) is 21.9. The molecule has 1 heterocycles. The quantitative estimate of drug-likeness (QED) is 0.333. The predicted octanol–water partition coefficient (Wildman–Crippen LogP) is 5.51. The summed E-state index contributed by atoms with van der Waals surface area (Å²) in [7, 11) is 0. The lowest BCUT2D eigenvalue weighted by atomic mass is 9.84. The lowest BCUT2D eigenvalue weighted by Gasteiger charge is -2.42. The predicted molar refractivity (Wildman–Crippen MR) is 146 cm³/mol. The Morgan fingerprint density at radius 2 is 1.38 bits per heavy atom. The molecule has 1 fully saturated rings. The van der Waals surface area contributed by atoms with Gasteiger partial charge in [-0.05, 0) is 87.3 Å². The Morgan fingerprint density at radius 1 is 0.865 bits per heavy atom. The second-order valence-electron chi connectivity index (χ2n) is 10.8. The highest BCUT2D eigenvalue weighted by Crippen LogP contribution is 2.42. The van der Waals surface area contributed by atoms with Crippen molar-refractivity contribution in [1.29, 1.82) is 0 Å². The van der Waals surface area contributed by atoms with E-state index in [9.17, 15) is 20.1 Å². The molecule has 0 spiro atoms. The van der Waals surface area contributed by atoms with Gasteiger partial charge in [0.25, 0.3) is 0 Å². The van der Waals surface area contributed by atoms with Crippen LogP contribution in [0, 0.1) is 5.92 Å². The Kier molecular flexibility index (Phi) is 8.48. The highest BCUT2D eigenvalue weighted by Gasteiger charge is 2.41. The monoisotopic (exact) mass is 513 g/mol. The minimum Gasteiger partial charge on any atom is -0.481 e. The second kappa shape index (κ2) is 11.6. The third-order valence-electron chi connectivity index (χ3n) is 8.11. The van der Waals surface area contributed by atoms with Gasteiger partial charge in [0.2, 0.25) is 0 Å². The number of aliphatic hydroxyl groups is 2. The first-order chi connectivity index (χ1) is 17.7. The molecule has 1 atom stereocenters. The van der Waals surface area contributed by atoms with Crippen LogP contribution in [0.3, 0.4) is 0 Å². The van der Waals surface area contributed by atoms with Gasteiger partial charge in [-0.2, -0.15) is 0 Å². The van der Waals surface area contributed by atoms with Crippen molar-refractivity contribution in [3.8, 4) is 0 Å². The van der Waals surface area contributed by atoms with Crippen molar-refractivity contribution < 1.29 is 20.1 Å². The molecule has 3 aromatic carbocycles. The lowest BCUT2D eigenvalue weighted by Crippen LogP contribution is -2.44. The van der Waals surface area contributed by atoms with Gasteiger partial charge in [-0.15, -0.1) is 0 Å². The Hall–Kier alpha value is -2.99. The summed E-state index contributed by atoms with van der Waals surface area (Å²) < 4.78 is 0. The molecule has 4 rings (SSSR count). The SMILES string of the molecule is CC(C)(C(=O)O)c1ccc(C(O)CCCN2CCC(C(O)([13c]3[13cH][13cH][13cH][13cH][13cH]3)[13c]3[13cH][13cH][13cH][13cH][13cH]3)CC2)cc1. The highest BCUT2D eigenvalue weighted by molar-refractivity contribution is 5.80. The van der Waals surface area contributed by atoms with Crippen molar-refractivity contribution in [1.82, 2.24) is 4.90 Å². The number of piperidine rings is 1. The van der Waals surface area contributed by atoms with Crippen molar-refractivity contribution in [3.05, 3.63) is 107 Å². The summed E-state index contributed by atoms with van der Waals surface area (Å²) in [5, 5.41) is 32.2. The van der Waals surface area contributed by atoms with Crippen LogP contribution in [0.1, 0.15) is 67.9 Å². The third-order valence-corrected chi connectivity index (χ3v) is 8.11. The van der Waals surface area contributed by atoms with E-state index in [1.807, 2.05) is 72.8 Å². The molecule has 196 valence electrons. The number of rotatable bonds is 10. The maximum atomic E-state index is 12.1. The van der Waals surface area contributed by atoms with Gasteiger partial charge in [-0.25, -0.2) is 0 Å². The van der Waals surface area contributed by atoms with Crippen molar-refractivity contribution in [2.24, 2.45) is 5.92 Å². The summed E-state index contributed by atoms with van der Waals surface area (Å²) in [5.74, 6) is -0.733. The maximum Gasteiger partial charge on any atom is 0.313 e. The van der Waals surface area contributed by atoms with Crippen molar-refractivity contribution in [3.63, 3.8) is 0 Å². The number of hydrogen-bond acceptors (Lipinski definition) is 4. The Morgan fingerprint density at radius 3 is 1.86 bits per heavy atom. The van der Waals surface area contributed by atoms with Gasteiger partial charge >= 0.3 is 5.97 Å². The summed E-state index contributed by atoms with van der Waals surface area (Å²) >= 11 is 0. The van der Waals surface area contributed by atoms with Gasteiger partial charge in [0.15, 0.2) is 0 Å². The molecule has 0 radical (unpaired) electrons. The molecule has 0 amide bonds. The van der Waals surface area contributed by atoms with E-state index < -0.39 is 23.1 Å². The Bertz CT molecular complexity index is 1100. The average molecular weight is 514 g/mol. The van der Waals surface area contributed by atoms with E-state index in [1.54, 1.807) is 26.0 Å². The number of hydrogen-bond donors (Lipinski definition) is 3. The number of aliphatic hydroxyl groups excluding tert-OH is 1. The first-order valence-electron chi connectivity index (χ1n) is 13.3. The van der Waals surface area contributed by atoms with E-state index in [1.165, 1.54) is 0 Å². The molecule has 5 heteroatoms. The minimum absolute atomic E-state index is 0.132. The highest BCUT2D eigenvalue weighted by atomic mass is 16.4. The van der Waals surface area contributed by atoms with Gasteiger partial charge in [-0.3, -0.25) is 4.79 Å². The molecule has 5 nitrogen and oxygen atoms in total. The summed E-state index contributed by atoms with van der Waals surface area (Å²) in [6.07, 6.45) is 2.77. The number of likely N-dealkylation sites (tertiary alicyclic amines) is 1. The molecule has 1 aliphatic rings. The summed E-state index contributed by atoms with van der Waals surface area (Å²) in [4.78, 5) is 13.9. The van der Waals surface area contributed by atoms with Crippen LogP contribution in [0.15, 0.2) is 84.9 Å². The molecular formula is C32H39NO4. The number of carbonyl (C=O) groups is 1. The second-order valence-corrected chi connectivity index (χ2v) is 10.8. The van der Waals surface area contributed by atoms with E-state index >= 15 is 0 Å². The molecule has 0 saturated carbocycles. The van der Waals surface area contributed by atoms with E-state index in [2.05, 4.69) is 4.90 Å². The van der Waals surface area contributed by atoms with E-state index in [0.717, 1.165) is 61.2 Å². The number of benzene rings is 3. The summed E-state index contributed by atoms with van der Waals surface area (Å²) in [6.45, 7) is 6.11. The van der Waals surface area contributed by atoms with Gasteiger partial charge < -0.3 is 20.2 Å². The third kappa shape index (κ3) is 5.96. The number of aliphatic carboxylic acids is 1. The maximum absolute atomic E-state index is 12.1. The molecule has 1 aliphatic heterocycles. The zero-order chi connectivity index (χ0) is 26.5. The zero-order valence-electron chi connectivity index (χ0n) is 21.9. The number of carboxylic acid groups (broad SMARTS) is 1. The largest absolute Gasteiger partial charge is 0.481 e. The van der Waals surface area contributed by atoms with E-state index in [4.69, 9.17) is 0 Å². The van der Waals surface area contributed by atoms with E-state index in [0.29, 0.717) is 6.42 Å². The van der Waals surface area contributed by atoms with Crippen molar-refractivity contribution in [2.45, 2.75) is 56.7 Å². The van der Waals surface area contributed by atoms with Crippen LogP contribution in [0.4, 0.5) is 0 Å². The normalized spacial score (nSPS) is 16.4. The summed E-state index contributed by atoms with van der Waals surface area (Å²) in [6, 6.07) is 27.3. The topological polar surface area (TPSA) is 81.0 Å². The van der Waals surface area contributed by atoms with Crippen LogP contribution in [0.25, 0.3) is 0 Å². The van der Waals surface area contributed by atoms with Crippen molar-refractivity contribution in [2.75, 3.05) is 19.6 Å².